The number of hydrogen-bond acceptors (Lipinski definition) is 2. The third-order valence-electron chi connectivity index (χ3n) is 18.6. The van der Waals surface area contributed by atoms with Gasteiger partial charge in [-0.15, -0.1) is 0 Å². The third kappa shape index (κ3) is 13.1. The highest BCUT2D eigenvalue weighted by molar-refractivity contribution is 6.92. The van der Waals surface area contributed by atoms with Crippen LogP contribution in [0.1, 0.15) is 187 Å². The number of benzene rings is 7. The van der Waals surface area contributed by atoms with Crippen molar-refractivity contribution in [1.29, 1.82) is 0 Å². The predicted molar refractivity (Wildman–Crippen MR) is 375 cm³/mol. The molecule has 0 atom stereocenters. The van der Waals surface area contributed by atoms with Crippen LogP contribution in [0.2, 0.25) is 48.4 Å². The average molecular weight is 1140 g/mol. The van der Waals surface area contributed by atoms with Gasteiger partial charge < -0.3 is 9.80 Å². The molecule has 0 heterocycles. The monoisotopic (exact) mass is 1140 g/mol. The smallest absolute Gasteiger partial charge is 0.0860 e. The number of anilines is 6. The van der Waals surface area contributed by atoms with Crippen molar-refractivity contribution in [3.63, 3.8) is 0 Å². The summed E-state index contributed by atoms with van der Waals surface area (Å²) in [6.07, 6.45) is 0. The second-order valence-corrected chi connectivity index (χ2v) is 44.3. The summed E-state index contributed by atoms with van der Waals surface area (Å²) in [6.45, 7) is 55.7. The zero-order chi connectivity index (χ0) is 59.1. The Morgan fingerprint density at radius 3 is 1.09 bits per heavy atom. The zero-order valence-corrected chi connectivity index (χ0v) is 59.6. The van der Waals surface area contributed by atoms with Crippen molar-refractivity contribution in [1.82, 2.24) is 0 Å². The van der Waals surface area contributed by atoms with Crippen molar-refractivity contribution in [3.8, 4) is 0 Å². The van der Waals surface area contributed by atoms with Crippen LogP contribution in [0.3, 0.4) is 0 Å². The van der Waals surface area contributed by atoms with Gasteiger partial charge in [-0.25, -0.2) is 0 Å². The normalized spacial score (nSPS) is 13.3. The molecule has 0 N–H and O–H groups in total. The molecule has 0 amide bonds. The standard InChI is InChI=1S/C74H108N2Si4/c1-24-77-60-45-58(48-63(49-60)80(29-6,30-7)31-8)75(56-40-52(71(12,13)14)38-53(41-56)72(15,16)17)68-64-34-32-33-35-65(64)69(67-44-51(70(9,10)11)36-37-66(67)68)76(57-42-54(73(18,19)20)39-55(43-57)74(21,22)23)59-46-61(78(25-2)26-3)50-62(47-59)79(27-4)28-5/h32-50,78-79H,24-31,77H2,1-23H3. The Morgan fingerprint density at radius 2 is 0.725 bits per heavy atom. The highest BCUT2D eigenvalue weighted by Gasteiger charge is 2.34. The van der Waals surface area contributed by atoms with Crippen molar-refractivity contribution in [3.05, 3.63) is 143 Å². The van der Waals surface area contributed by atoms with Crippen molar-refractivity contribution in [2.45, 2.75) is 235 Å². The molecule has 6 heteroatoms. The SMILES string of the molecule is CC[SiH2]c1cc(N(c2cc(C(C)(C)C)cc(C(C)(C)C)c2)c2c3ccccc3c(N(c3cc([SiH](CC)CC)cc([SiH](CC)CC)c3)c3cc(C(C)(C)C)cc(C(C)(C)C)c3)c3cc(C(C)(C)C)ccc23)cc([Si](CC)(CC)CC)c1. The molecule has 0 aliphatic rings. The lowest BCUT2D eigenvalue weighted by molar-refractivity contribution is 0.568. The first-order chi connectivity index (χ1) is 37.4. The van der Waals surface area contributed by atoms with Crippen molar-refractivity contribution < 1.29 is 0 Å². The van der Waals surface area contributed by atoms with E-state index in [9.17, 15) is 0 Å². The van der Waals surface area contributed by atoms with Crippen LogP contribution in [0.15, 0.2) is 115 Å². The molecular weight excluding hydrogens is 1030 g/mol. The first-order valence-corrected chi connectivity index (χ1v) is 40.4. The van der Waals surface area contributed by atoms with Crippen LogP contribution < -0.4 is 30.5 Å². The summed E-state index contributed by atoms with van der Waals surface area (Å²) in [5.41, 5.74) is 14.2. The number of fused-ring (bicyclic) bond motifs is 2. The summed E-state index contributed by atoms with van der Waals surface area (Å²) in [5.74, 6) is 0. The summed E-state index contributed by atoms with van der Waals surface area (Å²) in [7, 11) is -4.88. The fourth-order valence-electron chi connectivity index (χ4n) is 12.8. The minimum atomic E-state index is -1.83. The molecule has 0 spiro atoms. The Morgan fingerprint density at radius 1 is 0.362 bits per heavy atom. The van der Waals surface area contributed by atoms with E-state index in [2.05, 4.69) is 284 Å². The minimum Gasteiger partial charge on any atom is -0.309 e. The number of hydrogen-bond donors (Lipinski definition) is 0. The molecule has 0 radical (unpaired) electrons. The zero-order valence-electron chi connectivity index (χ0n) is 54.9. The Hall–Kier alpha value is -4.47. The van der Waals surface area contributed by atoms with Gasteiger partial charge in [0.1, 0.15) is 0 Å². The van der Waals surface area contributed by atoms with E-state index in [1.165, 1.54) is 132 Å². The fraction of sp³-hybridized carbons (Fsp3) is 0.486. The minimum absolute atomic E-state index is 0.0651. The van der Waals surface area contributed by atoms with E-state index >= 15 is 0 Å². The summed E-state index contributed by atoms with van der Waals surface area (Å²) in [6, 6.07) is 58.7. The molecule has 0 unspecified atom stereocenters. The molecule has 0 saturated carbocycles. The van der Waals surface area contributed by atoms with Crippen LogP contribution in [0.5, 0.6) is 0 Å². The fourth-order valence-corrected chi connectivity index (χ4v) is 22.9. The number of nitrogens with zero attached hydrogens (tertiary/aromatic N) is 2. The van der Waals surface area contributed by atoms with Crippen LogP contribution in [0.4, 0.5) is 34.1 Å². The van der Waals surface area contributed by atoms with Gasteiger partial charge in [-0.05, 0) is 109 Å². The van der Waals surface area contributed by atoms with Gasteiger partial charge in [0.05, 0.1) is 46.6 Å². The topological polar surface area (TPSA) is 6.48 Å². The van der Waals surface area contributed by atoms with E-state index < -0.39 is 35.2 Å². The van der Waals surface area contributed by atoms with Gasteiger partial charge >= 0.3 is 0 Å². The lowest BCUT2D eigenvalue weighted by Gasteiger charge is -2.37. The van der Waals surface area contributed by atoms with E-state index in [0.29, 0.717) is 0 Å². The van der Waals surface area contributed by atoms with Gasteiger partial charge in [0, 0.05) is 44.3 Å². The molecule has 80 heavy (non-hydrogen) atoms. The largest absolute Gasteiger partial charge is 0.309 e. The molecule has 0 aliphatic heterocycles. The Kier molecular flexibility index (Phi) is 19.2. The molecule has 7 aromatic rings. The molecule has 7 aromatic carbocycles. The Bertz CT molecular complexity index is 3180. The molecule has 0 aromatic heterocycles. The van der Waals surface area contributed by atoms with E-state index in [1.54, 1.807) is 20.7 Å². The molecular formula is C74H108N2Si4. The average Bonchev–Trinajstić information content (AvgIpc) is 3.48. The first kappa shape index (κ1) is 63.1. The van der Waals surface area contributed by atoms with Crippen LogP contribution in [-0.2, 0) is 27.1 Å². The van der Waals surface area contributed by atoms with Gasteiger partial charge in [0.15, 0.2) is 0 Å². The molecule has 7 rings (SSSR count). The molecule has 2 nitrogen and oxygen atoms in total. The van der Waals surface area contributed by atoms with Gasteiger partial charge in [-0.3, -0.25) is 0 Å². The Balaban J connectivity index is 1.82. The van der Waals surface area contributed by atoms with Gasteiger partial charge in [-0.1, -0.05) is 289 Å². The summed E-state index contributed by atoms with van der Waals surface area (Å²) in [5, 5.41) is 11.7. The maximum atomic E-state index is 2.80. The van der Waals surface area contributed by atoms with E-state index in [-0.39, 0.29) is 27.1 Å². The maximum absolute atomic E-state index is 2.80. The van der Waals surface area contributed by atoms with Crippen molar-refractivity contribution >= 4 is 112 Å². The molecule has 0 fully saturated rings. The first-order valence-electron chi connectivity index (χ1n) is 31.6. The predicted octanol–water partition coefficient (Wildman–Crippen LogP) is 19.3. The van der Waals surface area contributed by atoms with Crippen LogP contribution in [-0.4, -0.2) is 35.2 Å². The van der Waals surface area contributed by atoms with E-state index in [0.717, 1.165) is 0 Å². The van der Waals surface area contributed by atoms with Crippen LogP contribution in [0, 0.1) is 0 Å². The highest BCUT2D eigenvalue weighted by Crippen LogP contribution is 2.53. The molecule has 0 bridgehead atoms. The van der Waals surface area contributed by atoms with Crippen molar-refractivity contribution in [2.24, 2.45) is 0 Å². The van der Waals surface area contributed by atoms with Gasteiger partial charge in [0.2, 0.25) is 0 Å². The van der Waals surface area contributed by atoms with Gasteiger partial charge in [0.25, 0.3) is 0 Å². The second-order valence-electron chi connectivity index (χ2n) is 29.3. The third-order valence-corrected chi connectivity index (χ3v) is 32.2. The van der Waals surface area contributed by atoms with Gasteiger partial charge in [-0.2, -0.15) is 0 Å². The molecule has 430 valence electrons. The molecule has 0 saturated heterocycles. The lowest BCUT2D eigenvalue weighted by atomic mass is 9.80. The maximum Gasteiger partial charge on any atom is 0.0860 e. The van der Waals surface area contributed by atoms with Crippen LogP contribution >= 0.6 is 0 Å². The van der Waals surface area contributed by atoms with Crippen molar-refractivity contribution in [2.75, 3.05) is 9.80 Å². The summed E-state index contributed by atoms with van der Waals surface area (Å²) < 4.78 is 0. The number of rotatable bonds is 18. The lowest BCUT2D eigenvalue weighted by Crippen LogP contribution is -2.47. The summed E-state index contributed by atoms with van der Waals surface area (Å²) in [4.78, 5) is 5.58. The molecule has 0 aliphatic carbocycles. The second kappa shape index (κ2) is 24.4. The quantitative estimate of drug-likeness (QED) is 0.0480. The van der Waals surface area contributed by atoms with E-state index in [4.69, 9.17) is 0 Å². The summed E-state index contributed by atoms with van der Waals surface area (Å²) >= 11 is 0. The van der Waals surface area contributed by atoms with E-state index in [1.807, 2.05) is 0 Å². The van der Waals surface area contributed by atoms with Crippen LogP contribution in [0.25, 0.3) is 21.5 Å². The Labute approximate surface area is 496 Å². The highest BCUT2D eigenvalue weighted by atomic mass is 28.3.